The largest absolute Gasteiger partial charge is 0.490 e. The highest BCUT2D eigenvalue weighted by Crippen LogP contribution is 2.66. The van der Waals surface area contributed by atoms with Crippen molar-refractivity contribution in [1.82, 2.24) is 14.5 Å². The summed E-state index contributed by atoms with van der Waals surface area (Å²) in [4.78, 5) is 67.0. The second kappa shape index (κ2) is 13.7. The summed E-state index contributed by atoms with van der Waals surface area (Å²) in [6.07, 6.45) is -3.33. The van der Waals surface area contributed by atoms with Crippen LogP contribution in [0.1, 0.15) is 43.7 Å². The van der Waals surface area contributed by atoms with Gasteiger partial charge in [-0.3, -0.25) is 24.4 Å². The van der Waals surface area contributed by atoms with Crippen LogP contribution < -0.4 is 11.3 Å². The highest BCUT2D eigenvalue weighted by molar-refractivity contribution is 7.66. The van der Waals surface area contributed by atoms with Gasteiger partial charge in [-0.25, -0.2) is 13.7 Å². The van der Waals surface area contributed by atoms with Crippen molar-refractivity contribution in [1.29, 1.82) is 0 Å². The molecule has 6 atom stereocenters. The molecule has 0 spiro atoms. The molecular weight excluding hydrogens is 683 g/mol. The molecule has 21 nitrogen and oxygen atoms in total. The third-order valence-corrected chi connectivity index (χ3v) is 10.4. The standard InChI is InChI=1S/C22H30N5O16P3/c1-11(2)19(13-5-3-4-6-14(13)27(30)31)39-9-12-8-26(20-18(12)21(29)25-22(23)24-20)17-7-15(28)16(41-17)10-40-45(35,36)43-46(37,38)42-44(32,33)34/h3-6,8,11,15-17,19,28H,7,9-10H2,1-2H3,(H,35,36)(H,37,38)(H2,32,33,34)(H3,23,24,25,29)/t15-,16+,17+,19-/m0/s1. The maximum atomic E-state index is 13.0. The Morgan fingerprint density at radius 1 is 1.17 bits per heavy atom. The molecule has 0 aliphatic carbocycles. The van der Waals surface area contributed by atoms with Crippen molar-refractivity contribution in [3.8, 4) is 0 Å². The van der Waals surface area contributed by atoms with E-state index in [0.29, 0.717) is 5.56 Å². The molecule has 8 N–H and O–H groups in total. The van der Waals surface area contributed by atoms with Crippen LogP contribution in [0.25, 0.3) is 11.0 Å². The predicted molar refractivity (Wildman–Crippen MR) is 155 cm³/mol. The predicted octanol–water partition coefficient (Wildman–Crippen LogP) is 2.12. The number of phosphoric acid groups is 3. The van der Waals surface area contributed by atoms with Crippen LogP contribution in [0, 0.1) is 16.0 Å². The van der Waals surface area contributed by atoms with E-state index in [4.69, 9.17) is 25.0 Å². The normalized spacial score (nSPS) is 22.1. The van der Waals surface area contributed by atoms with Crippen molar-refractivity contribution < 1.29 is 65.9 Å². The fraction of sp³-hybridized carbons (Fsp3) is 0.455. The summed E-state index contributed by atoms with van der Waals surface area (Å²) >= 11 is 0. The van der Waals surface area contributed by atoms with Gasteiger partial charge in [-0.15, -0.1) is 0 Å². The average molecular weight is 713 g/mol. The number of ether oxygens (including phenoxy) is 2. The number of benzene rings is 1. The quantitative estimate of drug-likeness (QED) is 0.0714. The summed E-state index contributed by atoms with van der Waals surface area (Å²) in [5.74, 6) is -0.489. The molecule has 254 valence electrons. The van der Waals surface area contributed by atoms with Crippen LogP contribution in [0.2, 0.25) is 0 Å². The molecule has 0 radical (unpaired) electrons. The van der Waals surface area contributed by atoms with Gasteiger partial charge in [0.05, 0.1) is 41.3 Å². The Balaban J connectivity index is 1.56. The van der Waals surface area contributed by atoms with E-state index in [-0.39, 0.29) is 47.2 Å². The van der Waals surface area contributed by atoms with E-state index in [0.717, 1.165) is 0 Å². The number of rotatable bonds is 14. The topological polar surface area (TPSA) is 318 Å². The maximum absolute atomic E-state index is 13.0. The minimum absolute atomic E-state index is 0.0115. The van der Waals surface area contributed by atoms with Gasteiger partial charge in [-0.05, 0) is 12.0 Å². The van der Waals surface area contributed by atoms with Crippen molar-refractivity contribution in [3.05, 3.63) is 62.1 Å². The van der Waals surface area contributed by atoms with Gasteiger partial charge in [-0.1, -0.05) is 26.0 Å². The highest BCUT2D eigenvalue weighted by Gasteiger charge is 2.43. The lowest BCUT2D eigenvalue weighted by atomic mass is 9.97. The second-order valence-electron chi connectivity index (χ2n) is 10.3. The number of nitrogens with two attached hydrogens (primary N) is 1. The Labute approximate surface area is 258 Å². The van der Waals surface area contributed by atoms with Crippen LogP contribution in [0.5, 0.6) is 0 Å². The van der Waals surface area contributed by atoms with E-state index >= 15 is 0 Å². The summed E-state index contributed by atoms with van der Waals surface area (Å²) in [7, 11) is -16.9. The second-order valence-corrected chi connectivity index (χ2v) is 14.7. The van der Waals surface area contributed by atoms with Crippen LogP contribution in [0.3, 0.4) is 0 Å². The molecule has 24 heteroatoms. The van der Waals surface area contributed by atoms with Gasteiger partial charge in [0, 0.05) is 24.2 Å². The number of hydrogen-bond donors (Lipinski definition) is 7. The fourth-order valence-electron chi connectivity index (χ4n) is 4.80. The molecule has 0 saturated carbocycles. The van der Waals surface area contributed by atoms with Crippen molar-refractivity contribution in [2.45, 2.75) is 51.4 Å². The number of hydrogen-bond acceptors (Lipinski definition) is 14. The summed E-state index contributed by atoms with van der Waals surface area (Å²) in [5, 5.41) is 22.2. The molecule has 0 bridgehead atoms. The number of para-hydroxylation sites is 1. The van der Waals surface area contributed by atoms with E-state index in [1.807, 2.05) is 0 Å². The lowest BCUT2D eigenvalue weighted by Gasteiger charge is -2.21. The Bertz CT molecular complexity index is 1810. The van der Waals surface area contributed by atoms with Gasteiger partial charge in [0.25, 0.3) is 11.2 Å². The van der Waals surface area contributed by atoms with Crippen LogP contribution in [0.4, 0.5) is 11.6 Å². The first-order valence-corrected chi connectivity index (χ1v) is 17.6. The number of fused-ring (bicyclic) bond motifs is 1. The Kier molecular flexibility index (Phi) is 10.7. The van der Waals surface area contributed by atoms with Crippen LogP contribution in [-0.2, 0) is 42.9 Å². The monoisotopic (exact) mass is 713 g/mol. The third kappa shape index (κ3) is 8.72. The van der Waals surface area contributed by atoms with E-state index in [1.165, 1.54) is 22.9 Å². The summed E-state index contributed by atoms with van der Waals surface area (Å²) in [6, 6.07) is 6.07. The van der Waals surface area contributed by atoms with E-state index in [2.05, 4.69) is 23.1 Å². The zero-order valence-electron chi connectivity index (χ0n) is 23.9. The molecular formula is C22H30N5O16P3. The number of nitrogens with zero attached hydrogens (tertiary/aromatic N) is 3. The number of nitrogen functional groups attached to an aromatic ring is 1. The average Bonchev–Trinajstić information content (AvgIpc) is 3.45. The Morgan fingerprint density at radius 2 is 1.85 bits per heavy atom. The van der Waals surface area contributed by atoms with E-state index < -0.39 is 65.1 Å². The van der Waals surface area contributed by atoms with E-state index in [1.54, 1.807) is 26.0 Å². The van der Waals surface area contributed by atoms with Gasteiger partial charge in [0.15, 0.2) is 5.65 Å². The number of H-pyrrole nitrogens is 1. The number of phosphoric ester groups is 1. The van der Waals surface area contributed by atoms with Crippen molar-refractivity contribution in [2.75, 3.05) is 12.3 Å². The minimum Gasteiger partial charge on any atom is -0.390 e. The zero-order chi connectivity index (χ0) is 34.2. The first-order chi connectivity index (χ1) is 21.3. The molecule has 2 unspecified atom stereocenters. The number of nitrogens with one attached hydrogen (secondary N) is 1. The van der Waals surface area contributed by atoms with Gasteiger partial charge in [-0.2, -0.15) is 13.6 Å². The third-order valence-electron chi connectivity index (χ3n) is 6.58. The first kappa shape index (κ1) is 36.0. The molecule has 1 saturated heterocycles. The van der Waals surface area contributed by atoms with Gasteiger partial charge in [0.2, 0.25) is 5.95 Å². The van der Waals surface area contributed by atoms with Crippen molar-refractivity contribution in [2.24, 2.45) is 5.92 Å². The molecule has 4 rings (SSSR count). The lowest BCUT2D eigenvalue weighted by molar-refractivity contribution is -0.386. The molecule has 3 heterocycles. The van der Waals surface area contributed by atoms with Crippen molar-refractivity contribution in [3.63, 3.8) is 0 Å². The molecule has 1 aliphatic rings. The van der Waals surface area contributed by atoms with Crippen LogP contribution in [-0.4, -0.2) is 63.0 Å². The molecule has 1 aromatic carbocycles. The fourth-order valence-corrected chi connectivity index (χ4v) is 7.83. The molecule has 1 fully saturated rings. The van der Waals surface area contributed by atoms with Crippen LogP contribution in [0.15, 0.2) is 35.3 Å². The Morgan fingerprint density at radius 3 is 2.48 bits per heavy atom. The highest BCUT2D eigenvalue weighted by atomic mass is 31.3. The molecule has 0 amide bonds. The first-order valence-electron chi connectivity index (χ1n) is 13.1. The molecule has 1 aliphatic heterocycles. The Hall–Kier alpha value is -2.87. The molecule has 2 aromatic heterocycles. The minimum atomic E-state index is -5.76. The number of anilines is 1. The summed E-state index contributed by atoms with van der Waals surface area (Å²) in [6.45, 7) is 2.46. The number of aliphatic hydroxyl groups excluding tert-OH is 1. The van der Waals surface area contributed by atoms with E-state index in [9.17, 15) is 43.5 Å². The molecule has 3 aromatic rings. The number of aromatic amines is 1. The zero-order valence-corrected chi connectivity index (χ0v) is 26.6. The molecule has 46 heavy (non-hydrogen) atoms. The summed E-state index contributed by atoms with van der Waals surface area (Å²) < 4.78 is 59.6. The van der Waals surface area contributed by atoms with Gasteiger partial charge < -0.3 is 44.5 Å². The smallest absolute Gasteiger partial charge is 0.390 e. The summed E-state index contributed by atoms with van der Waals surface area (Å²) in [5.41, 5.74) is 5.59. The number of aliphatic hydroxyl groups is 1. The van der Waals surface area contributed by atoms with Crippen LogP contribution >= 0.6 is 23.5 Å². The maximum Gasteiger partial charge on any atom is 0.490 e. The number of nitro benzene ring substituents is 1. The number of nitro groups is 1. The SMILES string of the molecule is CC(C)[C@H](OCc1cn([C@H]2C[C@H](O)[C@@H](COP(=O)(O)OP(=O)(O)OP(=O)(O)O)O2)c2nc(N)[nH]c(=O)c12)c1ccccc1[N+](=O)[O-]. The van der Waals surface area contributed by atoms with Gasteiger partial charge >= 0.3 is 23.5 Å². The van der Waals surface area contributed by atoms with Gasteiger partial charge in [0.1, 0.15) is 12.3 Å². The lowest BCUT2D eigenvalue weighted by Crippen LogP contribution is -2.26. The van der Waals surface area contributed by atoms with Crippen molar-refractivity contribution >= 4 is 46.1 Å². The number of aromatic nitrogens is 3.